The summed E-state index contributed by atoms with van der Waals surface area (Å²) < 4.78 is 13.2. The molecule has 4 heteroatoms. The topological polar surface area (TPSA) is 37.8 Å². The van der Waals surface area contributed by atoms with Crippen molar-refractivity contribution in [2.24, 2.45) is 0 Å². The van der Waals surface area contributed by atoms with Gasteiger partial charge in [0, 0.05) is 12.2 Å². The Morgan fingerprint density at radius 2 is 2.10 bits per heavy atom. The van der Waals surface area contributed by atoms with Crippen molar-refractivity contribution in [3.05, 3.63) is 59.2 Å². The molecule has 1 unspecified atom stereocenters. The zero-order valence-corrected chi connectivity index (χ0v) is 11.9. The van der Waals surface area contributed by atoms with Gasteiger partial charge in [0.05, 0.1) is 6.20 Å². The lowest BCUT2D eigenvalue weighted by atomic mass is 9.97. The molecule has 106 valence electrons. The minimum absolute atomic E-state index is 0.176. The van der Waals surface area contributed by atoms with Gasteiger partial charge in [-0.25, -0.2) is 4.39 Å². The molecule has 3 nitrogen and oxygen atoms in total. The molecule has 1 N–H and O–H groups in total. The molecular formula is C16H20FN3. The average molecular weight is 273 g/mol. The van der Waals surface area contributed by atoms with Crippen molar-refractivity contribution in [2.45, 2.75) is 32.7 Å². The van der Waals surface area contributed by atoms with Crippen LogP contribution in [0.3, 0.4) is 0 Å². The van der Waals surface area contributed by atoms with Crippen molar-refractivity contribution >= 4 is 0 Å². The third kappa shape index (κ3) is 3.84. The Bertz CT molecular complexity index is 543. The lowest BCUT2D eigenvalue weighted by molar-refractivity contribution is 0.525. The van der Waals surface area contributed by atoms with E-state index in [4.69, 9.17) is 0 Å². The van der Waals surface area contributed by atoms with Crippen LogP contribution in [0.4, 0.5) is 4.39 Å². The summed E-state index contributed by atoms with van der Waals surface area (Å²) in [4.78, 5) is 0. The van der Waals surface area contributed by atoms with Crippen molar-refractivity contribution in [3.8, 4) is 0 Å². The van der Waals surface area contributed by atoms with Gasteiger partial charge >= 0.3 is 0 Å². The van der Waals surface area contributed by atoms with Crippen LogP contribution in [0.5, 0.6) is 0 Å². The van der Waals surface area contributed by atoms with E-state index < -0.39 is 0 Å². The Balaban J connectivity index is 2.19. The van der Waals surface area contributed by atoms with Gasteiger partial charge in [0.1, 0.15) is 5.82 Å². The third-order valence-electron chi connectivity index (χ3n) is 3.38. The normalized spacial score (nSPS) is 12.3. The number of nitrogens with one attached hydrogen (secondary N) is 1. The Labute approximate surface area is 119 Å². The molecule has 0 fully saturated rings. The van der Waals surface area contributed by atoms with E-state index in [1.165, 1.54) is 6.07 Å². The summed E-state index contributed by atoms with van der Waals surface area (Å²) in [7, 11) is 0. The molecule has 20 heavy (non-hydrogen) atoms. The molecule has 0 bridgehead atoms. The highest BCUT2D eigenvalue weighted by Crippen LogP contribution is 2.20. The van der Waals surface area contributed by atoms with Crippen LogP contribution in [-0.2, 0) is 6.42 Å². The van der Waals surface area contributed by atoms with Crippen LogP contribution < -0.4 is 5.32 Å². The minimum atomic E-state index is -0.185. The summed E-state index contributed by atoms with van der Waals surface area (Å²) in [5.74, 6) is -0.185. The monoisotopic (exact) mass is 273 g/mol. The van der Waals surface area contributed by atoms with Gasteiger partial charge in [0.25, 0.3) is 0 Å². The molecule has 0 aliphatic heterocycles. The highest BCUT2D eigenvalue weighted by Gasteiger charge is 2.13. The number of benzene rings is 1. The predicted molar refractivity (Wildman–Crippen MR) is 77.9 cm³/mol. The fourth-order valence-electron chi connectivity index (χ4n) is 2.24. The quantitative estimate of drug-likeness (QED) is 0.878. The van der Waals surface area contributed by atoms with E-state index in [9.17, 15) is 4.39 Å². The maximum absolute atomic E-state index is 13.2. The maximum atomic E-state index is 13.2. The Kier molecular flexibility index (Phi) is 5.18. The van der Waals surface area contributed by atoms with Gasteiger partial charge in [0.2, 0.25) is 0 Å². The van der Waals surface area contributed by atoms with Gasteiger partial charge < -0.3 is 5.32 Å². The van der Waals surface area contributed by atoms with E-state index in [0.717, 1.165) is 36.1 Å². The molecule has 0 aliphatic carbocycles. The van der Waals surface area contributed by atoms with E-state index in [2.05, 4.69) is 22.4 Å². The van der Waals surface area contributed by atoms with Crippen LogP contribution in [0.15, 0.2) is 36.7 Å². The van der Waals surface area contributed by atoms with Crippen molar-refractivity contribution < 1.29 is 4.39 Å². The minimum Gasteiger partial charge on any atom is -0.310 e. The smallest absolute Gasteiger partial charge is 0.123 e. The van der Waals surface area contributed by atoms with Gasteiger partial charge in [-0.15, -0.1) is 0 Å². The zero-order chi connectivity index (χ0) is 14.4. The van der Waals surface area contributed by atoms with E-state index in [0.29, 0.717) is 0 Å². The van der Waals surface area contributed by atoms with Gasteiger partial charge in [-0.1, -0.05) is 13.0 Å². The van der Waals surface area contributed by atoms with Crippen LogP contribution >= 0.6 is 0 Å². The van der Waals surface area contributed by atoms with Gasteiger partial charge in [0.15, 0.2) is 0 Å². The second kappa shape index (κ2) is 7.10. The fraction of sp³-hybridized carbons (Fsp3) is 0.375. The van der Waals surface area contributed by atoms with Crippen molar-refractivity contribution in [1.29, 1.82) is 0 Å². The first-order valence-electron chi connectivity index (χ1n) is 6.95. The Hall–Kier alpha value is -1.81. The summed E-state index contributed by atoms with van der Waals surface area (Å²) in [5.41, 5.74) is 3.24. The first kappa shape index (κ1) is 14.6. The standard InChI is InChI=1S/C16H20FN3/c1-3-7-18-16(14-6-8-19-20-11-14)10-13-4-5-15(17)9-12(13)2/h4-6,8-9,11,16,18H,3,7,10H2,1-2H3. The van der Waals surface area contributed by atoms with Crippen LogP contribution in [0.2, 0.25) is 0 Å². The maximum Gasteiger partial charge on any atom is 0.123 e. The van der Waals surface area contributed by atoms with Crippen LogP contribution in [-0.4, -0.2) is 16.7 Å². The number of halogens is 1. The van der Waals surface area contributed by atoms with Crippen molar-refractivity contribution in [2.75, 3.05) is 6.54 Å². The van der Waals surface area contributed by atoms with Crippen LogP contribution in [0.25, 0.3) is 0 Å². The van der Waals surface area contributed by atoms with E-state index in [1.807, 2.05) is 19.1 Å². The molecule has 1 heterocycles. The van der Waals surface area contributed by atoms with Crippen LogP contribution in [0.1, 0.15) is 36.1 Å². The first-order valence-corrected chi connectivity index (χ1v) is 6.95. The second-order valence-corrected chi connectivity index (χ2v) is 4.96. The summed E-state index contributed by atoms with van der Waals surface area (Å²) >= 11 is 0. The summed E-state index contributed by atoms with van der Waals surface area (Å²) in [6.07, 6.45) is 5.37. The van der Waals surface area contributed by atoms with E-state index in [1.54, 1.807) is 18.5 Å². The van der Waals surface area contributed by atoms with E-state index in [-0.39, 0.29) is 11.9 Å². The molecule has 0 spiro atoms. The molecule has 0 saturated heterocycles. The highest BCUT2D eigenvalue weighted by atomic mass is 19.1. The molecule has 2 aromatic rings. The summed E-state index contributed by atoms with van der Waals surface area (Å²) in [6, 6.07) is 7.11. The highest BCUT2D eigenvalue weighted by molar-refractivity contribution is 5.29. The van der Waals surface area contributed by atoms with Gasteiger partial charge in [-0.3, -0.25) is 0 Å². The van der Waals surface area contributed by atoms with Gasteiger partial charge in [-0.2, -0.15) is 10.2 Å². The number of aryl methyl sites for hydroxylation is 1. The molecule has 1 aromatic carbocycles. The molecular weight excluding hydrogens is 253 g/mol. The SMILES string of the molecule is CCCNC(Cc1ccc(F)cc1C)c1ccnnc1. The number of aromatic nitrogens is 2. The number of nitrogens with zero attached hydrogens (tertiary/aromatic N) is 2. The Morgan fingerprint density at radius 3 is 2.75 bits per heavy atom. The average Bonchev–Trinajstić information content (AvgIpc) is 2.46. The molecule has 1 aromatic heterocycles. The first-order chi connectivity index (χ1) is 9.70. The van der Waals surface area contributed by atoms with Crippen molar-refractivity contribution in [1.82, 2.24) is 15.5 Å². The lowest BCUT2D eigenvalue weighted by Gasteiger charge is -2.19. The molecule has 1 atom stereocenters. The molecule has 0 radical (unpaired) electrons. The fourth-order valence-corrected chi connectivity index (χ4v) is 2.24. The largest absolute Gasteiger partial charge is 0.310 e. The summed E-state index contributed by atoms with van der Waals surface area (Å²) in [6.45, 7) is 5.02. The third-order valence-corrected chi connectivity index (χ3v) is 3.38. The second-order valence-electron chi connectivity index (χ2n) is 4.96. The summed E-state index contributed by atoms with van der Waals surface area (Å²) in [5, 5.41) is 11.3. The molecule has 0 saturated carbocycles. The lowest BCUT2D eigenvalue weighted by Crippen LogP contribution is -2.24. The molecule has 2 rings (SSSR count). The van der Waals surface area contributed by atoms with Crippen molar-refractivity contribution in [3.63, 3.8) is 0 Å². The molecule has 0 aliphatic rings. The zero-order valence-electron chi connectivity index (χ0n) is 11.9. The number of rotatable bonds is 6. The van der Waals surface area contributed by atoms with Gasteiger partial charge in [-0.05, 0) is 61.2 Å². The number of hydrogen-bond donors (Lipinski definition) is 1. The predicted octanol–water partition coefficient (Wildman–Crippen LogP) is 3.21. The number of hydrogen-bond acceptors (Lipinski definition) is 3. The van der Waals surface area contributed by atoms with Crippen LogP contribution in [0, 0.1) is 12.7 Å². The molecule has 0 amide bonds. The Morgan fingerprint density at radius 1 is 1.25 bits per heavy atom. The van der Waals surface area contributed by atoms with E-state index >= 15 is 0 Å².